The molecule has 0 spiro atoms. The van der Waals surface area contributed by atoms with Crippen molar-refractivity contribution in [1.82, 2.24) is 0 Å². The first-order valence-corrected chi connectivity index (χ1v) is 8.17. The van der Waals surface area contributed by atoms with E-state index in [1.54, 1.807) is 0 Å². The first kappa shape index (κ1) is 13.3. The summed E-state index contributed by atoms with van der Waals surface area (Å²) in [5, 5.41) is 0. The molecule has 0 aromatic carbocycles. The van der Waals surface area contributed by atoms with Gasteiger partial charge in [-0.2, -0.15) is 0 Å². The van der Waals surface area contributed by atoms with E-state index in [0.717, 1.165) is 6.61 Å². The van der Waals surface area contributed by atoms with E-state index >= 15 is 0 Å². The topological polar surface area (TPSA) is 9.23 Å². The Morgan fingerprint density at radius 3 is 1.92 bits per heavy atom. The number of rotatable bonds is 8. The van der Waals surface area contributed by atoms with Gasteiger partial charge in [0, 0.05) is 0 Å². The minimum atomic E-state index is -0.722. The van der Waals surface area contributed by atoms with Crippen LogP contribution in [0.4, 0.5) is 0 Å². The second-order valence-corrected chi connectivity index (χ2v) is 8.00. The largest absolute Gasteiger partial charge is 0.337 e. The first-order chi connectivity index (χ1) is 6.06. The lowest BCUT2D eigenvalue weighted by atomic mass is 10.1. The summed E-state index contributed by atoms with van der Waals surface area (Å²) in [6.07, 6.45) is 14.7. The molecule has 0 atom stereocenters. The van der Waals surface area contributed by atoms with Crippen LogP contribution in [0, 0.1) is 0 Å². The van der Waals surface area contributed by atoms with Gasteiger partial charge in [0.15, 0.2) is 0 Å². The third-order valence-corrected chi connectivity index (χ3v) is 2.81. The maximum absolute atomic E-state index is 5.72. The molecule has 13 heavy (non-hydrogen) atoms. The van der Waals surface area contributed by atoms with Crippen LogP contribution < -0.4 is 0 Å². The molecule has 1 nitrogen and oxygen atoms in total. The van der Waals surface area contributed by atoms with Crippen LogP contribution in [0.5, 0.6) is 0 Å². The van der Waals surface area contributed by atoms with Crippen LogP contribution >= 0.6 is 10.3 Å². The molecular formula is C11H26OS. The van der Waals surface area contributed by atoms with Crippen molar-refractivity contribution in [3.05, 3.63) is 0 Å². The maximum atomic E-state index is 5.72. The summed E-state index contributed by atoms with van der Waals surface area (Å²) in [6.45, 7) is 3.22. The number of hydrogen-bond donors (Lipinski definition) is 0. The van der Waals surface area contributed by atoms with Crippen molar-refractivity contribution in [2.45, 2.75) is 45.4 Å². The number of hydrogen-bond acceptors (Lipinski definition) is 1. The molecule has 0 unspecified atom stereocenters. The van der Waals surface area contributed by atoms with Gasteiger partial charge in [0.1, 0.15) is 0 Å². The van der Waals surface area contributed by atoms with E-state index in [4.69, 9.17) is 4.18 Å². The minimum Gasteiger partial charge on any atom is -0.337 e. The summed E-state index contributed by atoms with van der Waals surface area (Å²) in [6, 6.07) is 0. The zero-order chi connectivity index (χ0) is 10.2. The van der Waals surface area contributed by atoms with Gasteiger partial charge in [-0.15, -0.1) is 10.3 Å². The summed E-state index contributed by atoms with van der Waals surface area (Å²) in [7, 11) is -0.722. The van der Waals surface area contributed by atoms with Crippen LogP contribution in [0.1, 0.15) is 45.4 Å². The fraction of sp³-hybridized carbons (Fsp3) is 1.00. The predicted octanol–water partition coefficient (Wildman–Crippen LogP) is 3.97. The Kier molecular flexibility index (Phi) is 7.87. The van der Waals surface area contributed by atoms with Gasteiger partial charge in [-0.3, -0.25) is 0 Å². The molecule has 0 amide bonds. The third kappa shape index (κ3) is 12.3. The highest BCUT2D eigenvalue weighted by atomic mass is 32.3. The third-order valence-electron chi connectivity index (χ3n) is 1.93. The van der Waals surface area contributed by atoms with Crippen LogP contribution in [-0.2, 0) is 4.18 Å². The quantitative estimate of drug-likeness (QED) is 0.546. The number of unbranched alkanes of at least 4 members (excludes halogenated alkanes) is 5. The monoisotopic (exact) mass is 206 g/mol. The molecule has 0 aliphatic carbocycles. The van der Waals surface area contributed by atoms with Gasteiger partial charge < -0.3 is 4.18 Å². The highest BCUT2D eigenvalue weighted by Crippen LogP contribution is 2.35. The van der Waals surface area contributed by atoms with Crippen LogP contribution in [0.3, 0.4) is 0 Å². The fourth-order valence-electron chi connectivity index (χ4n) is 1.19. The van der Waals surface area contributed by atoms with Gasteiger partial charge in [-0.25, -0.2) is 0 Å². The zero-order valence-corrected chi connectivity index (χ0v) is 10.6. The second kappa shape index (κ2) is 7.69. The Morgan fingerprint density at radius 2 is 1.38 bits per heavy atom. The molecule has 0 saturated carbocycles. The molecule has 0 aromatic heterocycles. The van der Waals surface area contributed by atoms with Gasteiger partial charge in [-0.05, 0) is 25.2 Å². The van der Waals surface area contributed by atoms with Crippen molar-refractivity contribution < 1.29 is 4.18 Å². The zero-order valence-electron chi connectivity index (χ0n) is 9.77. The lowest BCUT2D eigenvalue weighted by molar-refractivity contribution is 0.344. The highest BCUT2D eigenvalue weighted by Gasteiger charge is 2.02. The summed E-state index contributed by atoms with van der Waals surface area (Å²) in [5.74, 6) is 0. The summed E-state index contributed by atoms with van der Waals surface area (Å²) in [4.78, 5) is 0. The molecule has 0 saturated heterocycles. The summed E-state index contributed by atoms with van der Waals surface area (Å²) < 4.78 is 5.72. The Morgan fingerprint density at radius 1 is 0.846 bits per heavy atom. The summed E-state index contributed by atoms with van der Waals surface area (Å²) >= 11 is 0. The normalized spacial score (nSPS) is 13.2. The molecule has 82 valence electrons. The molecule has 0 aliphatic heterocycles. The van der Waals surface area contributed by atoms with Gasteiger partial charge in [0.25, 0.3) is 0 Å². The fourth-order valence-corrected chi connectivity index (χ4v) is 1.81. The molecule has 0 radical (unpaired) electrons. The smallest absolute Gasteiger partial charge is 0.0592 e. The van der Waals surface area contributed by atoms with Crippen LogP contribution in [0.15, 0.2) is 0 Å². The Hall–Kier alpha value is 0.310. The van der Waals surface area contributed by atoms with E-state index in [0.29, 0.717) is 0 Å². The van der Waals surface area contributed by atoms with Crippen molar-refractivity contribution in [2.75, 3.05) is 25.4 Å². The lowest BCUT2D eigenvalue weighted by Crippen LogP contribution is -2.00. The predicted molar refractivity (Wildman–Crippen MR) is 64.7 cm³/mol. The van der Waals surface area contributed by atoms with Crippen molar-refractivity contribution in [3.8, 4) is 0 Å². The molecular weight excluding hydrogens is 180 g/mol. The second-order valence-electron chi connectivity index (χ2n) is 4.31. The standard InChI is InChI=1S/C11H26OS/c1-5-6-7-8-9-10-11-12-13(2,3)4/h5-11H2,1-4H3. The van der Waals surface area contributed by atoms with Crippen LogP contribution in [0.2, 0.25) is 0 Å². The molecule has 0 aromatic rings. The molecule has 0 bridgehead atoms. The van der Waals surface area contributed by atoms with E-state index in [1.165, 1.54) is 38.5 Å². The Balaban J connectivity index is 3.00. The van der Waals surface area contributed by atoms with E-state index in [1.807, 2.05) is 0 Å². The van der Waals surface area contributed by atoms with Crippen LogP contribution in [-0.4, -0.2) is 25.4 Å². The average molecular weight is 206 g/mol. The SMILES string of the molecule is CCCCCCCCOS(C)(C)C. The molecule has 0 rings (SSSR count). The van der Waals surface area contributed by atoms with Gasteiger partial charge in [0.2, 0.25) is 0 Å². The average Bonchev–Trinajstić information content (AvgIpc) is 2.01. The highest BCUT2D eigenvalue weighted by molar-refractivity contribution is 8.28. The molecule has 0 fully saturated rings. The minimum absolute atomic E-state index is 0.722. The summed E-state index contributed by atoms with van der Waals surface area (Å²) in [5.41, 5.74) is 0. The van der Waals surface area contributed by atoms with Crippen molar-refractivity contribution >= 4 is 10.3 Å². The Labute approximate surface area is 85.8 Å². The van der Waals surface area contributed by atoms with Gasteiger partial charge >= 0.3 is 0 Å². The van der Waals surface area contributed by atoms with E-state index in [2.05, 4.69) is 25.7 Å². The maximum Gasteiger partial charge on any atom is 0.0592 e. The molecule has 0 N–H and O–H groups in total. The molecule has 2 heteroatoms. The first-order valence-electron chi connectivity index (χ1n) is 5.39. The van der Waals surface area contributed by atoms with Gasteiger partial charge in [0.05, 0.1) is 6.61 Å². The Bertz CT molecular complexity index is 107. The van der Waals surface area contributed by atoms with E-state index < -0.39 is 10.3 Å². The van der Waals surface area contributed by atoms with E-state index in [-0.39, 0.29) is 0 Å². The van der Waals surface area contributed by atoms with Crippen molar-refractivity contribution in [3.63, 3.8) is 0 Å². The van der Waals surface area contributed by atoms with Crippen molar-refractivity contribution in [2.24, 2.45) is 0 Å². The van der Waals surface area contributed by atoms with Gasteiger partial charge in [-0.1, -0.05) is 39.0 Å². The molecule has 0 aliphatic rings. The van der Waals surface area contributed by atoms with Crippen LogP contribution in [0.25, 0.3) is 0 Å². The van der Waals surface area contributed by atoms with Crippen molar-refractivity contribution in [1.29, 1.82) is 0 Å². The lowest BCUT2D eigenvalue weighted by Gasteiger charge is -2.25. The molecule has 0 heterocycles. The van der Waals surface area contributed by atoms with E-state index in [9.17, 15) is 0 Å².